The lowest BCUT2D eigenvalue weighted by molar-refractivity contribution is -0.117. The Morgan fingerprint density at radius 2 is 1.64 bits per heavy atom. The van der Waals surface area contributed by atoms with E-state index in [1.807, 2.05) is 19.1 Å². The van der Waals surface area contributed by atoms with E-state index in [-0.39, 0.29) is 12.2 Å². The van der Waals surface area contributed by atoms with Crippen molar-refractivity contribution in [3.8, 4) is 18.4 Å². The van der Waals surface area contributed by atoms with E-state index < -0.39 is 5.91 Å². The largest absolute Gasteiger partial charge is 0.377 e. The number of benzene rings is 2. The monoisotopic (exact) mass is 489 g/mol. The summed E-state index contributed by atoms with van der Waals surface area (Å²) in [6.45, 7) is 6.66. The molecule has 190 valence electrons. The summed E-state index contributed by atoms with van der Waals surface area (Å²) in [7, 11) is 0. The number of carbonyl (C=O) groups excluding carboxylic acids is 1. The molecule has 1 heterocycles. The fourth-order valence-corrected chi connectivity index (χ4v) is 4.16. The molecule has 0 bridgehead atoms. The smallest absolute Gasteiger partial charge is 0.262 e. The van der Waals surface area contributed by atoms with Crippen LogP contribution in [0.25, 0.3) is 16.3 Å². The fourth-order valence-electron chi connectivity index (χ4n) is 4.16. The third-order valence-electron chi connectivity index (χ3n) is 6.15. The van der Waals surface area contributed by atoms with Crippen molar-refractivity contribution >= 4 is 27.9 Å². The molecule has 0 spiro atoms. The fraction of sp³-hybridized carbons (Fsp3) is 0.448. The van der Waals surface area contributed by atoms with Crippen molar-refractivity contribution in [1.82, 2.24) is 5.32 Å². The Hall–Kier alpha value is -3.36. The Kier molecular flexibility index (Phi) is 11.3. The van der Waals surface area contributed by atoms with E-state index in [1.165, 1.54) is 24.9 Å². The van der Waals surface area contributed by atoms with E-state index in [9.17, 15) is 10.1 Å². The van der Waals surface area contributed by atoms with Crippen LogP contribution < -0.4 is 10.2 Å². The molecule has 36 heavy (non-hydrogen) atoms. The van der Waals surface area contributed by atoms with Gasteiger partial charge in [0.1, 0.15) is 18.2 Å². The van der Waals surface area contributed by atoms with Crippen LogP contribution in [0.4, 0.5) is 5.69 Å². The molecule has 1 amide bonds. The minimum absolute atomic E-state index is 0.106. The minimum Gasteiger partial charge on any atom is -0.377 e. The van der Waals surface area contributed by atoms with Gasteiger partial charge in [0.15, 0.2) is 0 Å². The van der Waals surface area contributed by atoms with Crippen LogP contribution in [-0.4, -0.2) is 65.2 Å². The van der Waals surface area contributed by atoms with Gasteiger partial charge in [0, 0.05) is 25.3 Å². The molecule has 3 rings (SSSR count). The van der Waals surface area contributed by atoms with Gasteiger partial charge in [0.05, 0.1) is 33.0 Å². The number of nitrogens with one attached hydrogen (secondary N) is 1. The number of hydrogen-bond donors (Lipinski definition) is 1. The summed E-state index contributed by atoms with van der Waals surface area (Å²) in [6, 6.07) is 14.6. The van der Waals surface area contributed by atoms with Crippen molar-refractivity contribution in [1.29, 1.82) is 5.26 Å². The van der Waals surface area contributed by atoms with E-state index >= 15 is 0 Å². The first-order valence-electron chi connectivity index (χ1n) is 12.5. The molecule has 1 fully saturated rings. The molecule has 0 unspecified atom stereocenters. The van der Waals surface area contributed by atoms with Gasteiger partial charge in [-0.05, 0) is 66.3 Å². The summed E-state index contributed by atoms with van der Waals surface area (Å²) in [5.41, 5.74) is 2.87. The second kappa shape index (κ2) is 14.9. The lowest BCUT2D eigenvalue weighted by Gasteiger charge is -2.29. The van der Waals surface area contributed by atoms with Gasteiger partial charge in [-0.15, -0.1) is 6.42 Å². The third-order valence-corrected chi connectivity index (χ3v) is 6.15. The van der Waals surface area contributed by atoms with E-state index in [1.54, 1.807) is 0 Å². The zero-order valence-corrected chi connectivity index (χ0v) is 21.1. The minimum atomic E-state index is -0.402. The van der Waals surface area contributed by atoms with Gasteiger partial charge in [0.25, 0.3) is 5.91 Å². The number of ether oxygens (including phenoxy) is 3. The number of allylic oxidation sites excluding steroid dienone is 1. The summed E-state index contributed by atoms with van der Waals surface area (Å²) >= 11 is 0. The highest BCUT2D eigenvalue weighted by Crippen LogP contribution is 2.28. The Balaban J connectivity index is 1.49. The van der Waals surface area contributed by atoms with E-state index in [0.29, 0.717) is 45.2 Å². The number of fused-ring (bicyclic) bond motifs is 1. The summed E-state index contributed by atoms with van der Waals surface area (Å²) in [6.07, 6.45) is 8.88. The number of piperidine rings is 1. The summed E-state index contributed by atoms with van der Waals surface area (Å²) in [5.74, 6) is 1.99. The number of anilines is 1. The van der Waals surface area contributed by atoms with Gasteiger partial charge in [-0.3, -0.25) is 4.79 Å². The first-order valence-corrected chi connectivity index (χ1v) is 12.5. The van der Waals surface area contributed by atoms with Crippen LogP contribution in [0.15, 0.2) is 42.0 Å². The van der Waals surface area contributed by atoms with Crippen molar-refractivity contribution in [3.63, 3.8) is 0 Å². The molecule has 0 aromatic heterocycles. The Bertz CT molecular complexity index is 1120. The number of terminal acetylenes is 1. The second-order valence-corrected chi connectivity index (χ2v) is 8.64. The van der Waals surface area contributed by atoms with E-state index in [4.69, 9.17) is 20.6 Å². The normalized spacial score (nSPS) is 14.1. The number of nitrogens with zero attached hydrogens (tertiary/aromatic N) is 2. The molecular formula is C29H35N3O4. The molecule has 7 heteroatoms. The molecule has 7 nitrogen and oxygen atoms in total. The van der Waals surface area contributed by atoms with Crippen molar-refractivity contribution in [2.75, 3.05) is 64.2 Å². The van der Waals surface area contributed by atoms with Crippen LogP contribution in [0.1, 0.15) is 31.7 Å². The maximum atomic E-state index is 12.6. The SMILES string of the molecule is C#CCOCCOCCOCCNC(=O)/C(C#N)=C(/C)c1ccc2cc(N3CCCCC3)ccc2c1. The molecule has 0 saturated carbocycles. The zero-order valence-electron chi connectivity index (χ0n) is 21.1. The molecule has 1 aliphatic heterocycles. The maximum absolute atomic E-state index is 12.6. The van der Waals surface area contributed by atoms with Gasteiger partial charge >= 0.3 is 0 Å². The molecule has 1 aliphatic rings. The quantitative estimate of drug-likeness (QED) is 0.199. The standard InChI is InChI=1S/C29H35N3O4/c1-3-14-34-16-18-36-19-17-35-15-11-31-29(33)28(22-30)23(2)24-7-8-26-21-27(10-9-25(26)20-24)32-12-5-4-6-13-32/h1,7-10,20-21H,4-6,11-19H2,2H3,(H,31,33)/b28-23-. The van der Waals surface area contributed by atoms with Gasteiger partial charge in [-0.2, -0.15) is 5.26 Å². The van der Waals surface area contributed by atoms with Crippen LogP contribution in [0.3, 0.4) is 0 Å². The maximum Gasteiger partial charge on any atom is 0.262 e. The molecule has 1 saturated heterocycles. The van der Waals surface area contributed by atoms with Gasteiger partial charge in [0.2, 0.25) is 0 Å². The average molecular weight is 490 g/mol. The van der Waals surface area contributed by atoms with Crippen molar-refractivity contribution in [2.24, 2.45) is 0 Å². The summed E-state index contributed by atoms with van der Waals surface area (Å²) in [5, 5.41) is 14.7. The predicted octanol–water partition coefficient (Wildman–Crippen LogP) is 3.93. The number of nitriles is 1. The highest BCUT2D eigenvalue weighted by molar-refractivity contribution is 6.05. The van der Waals surface area contributed by atoms with Gasteiger partial charge in [-0.1, -0.05) is 24.1 Å². The Labute approximate surface area is 214 Å². The Morgan fingerprint density at radius 1 is 0.972 bits per heavy atom. The van der Waals surface area contributed by atoms with Crippen LogP contribution in [0.2, 0.25) is 0 Å². The van der Waals surface area contributed by atoms with Crippen LogP contribution in [-0.2, 0) is 19.0 Å². The van der Waals surface area contributed by atoms with Crippen LogP contribution in [0, 0.1) is 23.7 Å². The lowest BCUT2D eigenvalue weighted by atomic mass is 9.98. The number of amides is 1. The van der Waals surface area contributed by atoms with Crippen molar-refractivity contribution < 1.29 is 19.0 Å². The third kappa shape index (κ3) is 8.10. The van der Waals surface area contributed by atoms with E-state index in [0.717, 1.165) is 29.4 Å². The molecule has 0 atom stereocenters. The van der Waals surface area contributed by atoms with Crippen LogP contribution >= 0.6 is 0 Å². The second-order valence-electron chi connectivity index (χ2n) is 8.64. The van der Waals surface area contributed by atoms with E-state index in [2.05, 4.69) is 46.5 Å². The highest BCUT2D eigenvalue weighted by atomic mass is 16.5. The van der Waals surface area contributed by atoms with Crippen molar-refractivity contribution in [2.45, 2.75) is 26.2 Å². The number of rotatable bonds is 13. The Morgan fingerprint density at radius 3 is 2.36 bits per heavy atom. The van der Waals surface area contributed by atoms with Gasteiger partial charge < -0.3 is 24.4 Å². The number of hydrogen-bond acceptors (Lipinski definition) is 6. The first-order chi connectivity index (χ1) is 17.6. The topological polar surface area (TPSA) is 83.8 Å². The molecule has 0 radical (unpaired) electrons. The summed E-state index contributed by atoms with van der Waals surface area (Å²) in [4.78, 5) is 15.1. The first kappa shape index (κ1) is 27.2. The predicted molar refractivity (Wildman–Crippen MR) is 143 cm³/mol. The lowest BCUT2D eigenvalue weighted by Crippen LogP contribution is -2.29. The van der Waals surface area contributed by atoms with Crippen molar-refractivity contribution in [3.05, 3.63) is 47.5 Å². The zero-order chi connectivity index (χ0) is 25.6. The molecule has 1 N–H and O–H groups in total. The number of carbonyl (C=O) groups is 1. The molecule has 2 aromatic rings. The average Bonchev–Trinajstić information content (AvgIpc) is 2.92. The molecule has 0 aliphatic carbocycles. The molecule has 2 aromatic carbocycles. The summed E-state index contributed by atoms with van der Waals surface area (Å²) < 4.78 is 15.9. The van der Waals surface area contributed by atoms with Gasteiger partial charge in [-0.25, -0.2) is 0 Å². The highest BCUT2D eigenvalue weighted by Gasteiger charge is 2.15. The van der Waals surface area contributed by atoms with Crippen LogP contribution in [0.5, 0.6) is 0 Å². The molecular weight excluding hydrogens is 454 g/mol.